The quantitative estimate of drug-likeness (QED) is 0.905. The zero-order chi connectivity index (χ0) is 14.0. The summed E-state index contributed by atoms with van der Waals surface area (Å²) in [7, 11) is -3.30. The number of amides is 1. The third kappa shape index (κ3) is 3.34. The Kier molecular flexibility index (Phi) is 4.27. The number of thiophene rings is 1. The lowest BCUT2D eigenvalue weighted by molar-refractivity contribution is -0.124. The molecule has 5 nitrogen and oxygen atoms in total. The molecule has 1 aromatic heterocycles. The number of sulfonamides is 1. The van der Waals surface area contributed by atoms with Gasteiger partial charge in [-0.2, -0.15) is 4.31 Å². The second-order valence-electron chi connectivity index (χ2n) is 4.78. The van der Waals surface area contributed by atoms with Gasteiger partial charge in [0.1, 0.15) is 6.04 Å². The second kappa shape index (κ2) is 5.60. The summed E-state index contributed by atoms with van der Waals surface area (Å²) >= 11 is 1.59. The second-order valence-corrected chi connectivity index (χ2v) is 7.71. The minimum absolute atomic E-state index is 0.198. The first-order valence-corrected chi connectivity index (χ1v) is 8.90. The van der Waals surface area contributed by atoms with Crippen LogP contribution in [-0.2, 0) is 21.4 Å². The van der Waals surface area contributed by atoms with E-state index in [0.29, 0.717) is 19.5 Å². The molecule has 7 heteroatoms. The van der Waals surface area contributed by atoms with Gasteiger partial charge < -0.3 is 5.32 Å². The summed E-state index contributed by atoms with van der Waals surface area (Å²) in [5.74, 6) is -0.198. The van der Waals surface area contributed by atoms with E-state index in [9.17, 15) is 13.2 Å². The smallest absolute Gasteiger partial charge is 0.238 e. The van der Waals surface area contributed by atoms with Gasteiger partial charge in [0.2, 0.25) is 15.9 Å². The highest BCUT2D eigenvalue weighted by Crippen LogP contribution is 2.21. The molecular formula is C12H18N2O3S2. The standard InChI is InChI=1S/C12H18N2O3S2/c1-9-5-7-18-11(9)8-13-12(15)10-4-3-6-14(10)19(2,16)17/h5,7,10H,3-4,6,8H2,1-2H3,(H,13,15). The third-order valence-corrected chi connectivity index (χ3v) is 5.64. The molecule has 0 aromatic carbocycles. The van der Waals surface area contributed by atoms with E-state index in [4.69, 9.17) is 0 Å². The Labute approximate surface area is 117 Å². The summed E-state index contributed by atoms with van der Waals surface area (Å²) in [6.45, 7) is 2.90. The first-order valence-electron chi connectivity index (χ1n) is 6.17. The molecule has 19 heavy (non-hydrogen) atoms. The largest absolute Gasteiger partial charge is 0.350 e. The van der Waals surface area contributed by atoms with Crippen molar-refractivity contribution in [1.82, 2.24) is 9.62 Å². The maximum absolute atomic E-state index is 12.1. The minimum atomic E-state index is -3.30. The molecule has 1 atom stereocenters. The zero-order valence-corrected chi connectivity index (χ0v) is 12.7. The summed E-state index contributed by atoms with van der Waals surface area (Å²) in [6.07, 6.45) is 2.49. The van der Waals surface area contributed by atoms with Gasteiger partial charge in [-0.15, -0.1) is 11.3 Å². The van der Waals surface area contributed by atoms with Crippen LogP contribution in [0.3, 0.4) is 0 Å². The van der Waals surface area contributed by atoms with E-state index in [1.807, 2.05) is 18.4 Å². The Bertz CT molecular complexity index is 565. The average Bonchev–Trinajstić information content (AvgIpc) is 2.93. The molecule has 1 amide bonds. The van der Waals surface area contributed by atoms with E-state index in [1.54, 1.807) is 11.3 Å². The van der Waals surface area contributed by atoms with Gasteiger partial charge in [-0.05, 0) is 36.8 Å². The van der Waals surface area contributed by atoms with Crippen LogP contribution in [0.5, 0.6) is 0 Å². The van der Waals surface area contributed by atoms with Gasteiger partial charge in [0.15, 0.2) is 0 Å². The Balaban J connectivity index is 1.98. The Morgan fingerprint density at radius 2 is 2.32 bits per heavy atom. The van der Waals surface area contributed by atoms with E-state index in [0.717, 1.165) is 23.1 Å². The maximum atomic E-state index is 12.1. The fraction of sp³-hybridized carbons (Fsp3) is 0.583. The van der Waals surface area contributed by atoms with Crippen LogP contribution in [0.4, 0.5) is 0 Å². The zero-order valence-electron chi connectivity index (χ0n) is 11.0. The number of carbonyl (C=O) groups excluding carboxylic acids is 1. The summed E-state index contributed by atoms with van der Waals surface area (Å²) < 4.78 is 24.5. The number of rotatable bonds is 4. The molecule has 106 valence electrons. The highest BCUT2D eigenvalue weighted by atomic mass is 32.2. The van der Waals surface area contributed by atoms with E-state index in [1.165, 1.54) is 4.31 Å². The van der Waals surface area contributed by atoms with Crippen molar-refractivity contribution < 1.29 is 13.2 Å². The Hall–Kier alpha value is -0.920. The molecule has 0 aliphatic carbocycles. The van der Waals surface area contributed by atoms with E-state index < -0.39 is 16.1 Å². The number of nitrogens with zero attached hydrogens (tertiary/aromatic N) is 1. The molecule has 1 unspecified atom stereocenters. The van der Waals surface area contributed by atoms with Crippen molar-refractivity contribution in [2.45, 2.75) is 32.4 Å². The molecule has 2 heterocycles. The van der Waals surface area contributed by atoms with Crippen molar-refractivity contribution in [1.29, 1.82) is 0 Å². The highest BCUT2D eigenvalue weighted by Gasteiger charge is 2.36. The lowest BCUT2D eigenvalue weighted by Crippen LogP contribution is -2.45. The van der Waals surface area contributed by atoms with Crippen LogP contribution in [0, 0.1) is 6.92 Å². The predicted molar refractivity (Wildman–Crippen MR) is 75.5 cm³/mol. The number of hydrogen-bond acceptors (Lipinski definition) is 4. The van der Waals surface area contributed by atoms with Gasteiger partial charge >= 0.3 is 0 Å². The van der Waals surface area contributed by atoms with Crippen LogP contribution < -0.4 is 5.32 Å². The SMILES string of the molecule is Cc1ccsc1CNC(=O)C1CCCN1S(C)(=O)=O. The Morgan fingerprint density at radius 1 is 1.58 bits per heavy atom. The van der Waals surface area contributed by atoms with Crippen molar-refractivity contribution in [3.8, 4) is 0 Å². The summed E-state index contributed by atoms with van der Waals surface area (Å²) in [5.41, 5.74) is 1.15. The first kappa shape index (κ1) is 14.5. The normalized spacial score (nSPS) is 20.6. The lowest BCUT2D eigenvalue weighted by atomic mass is 10.2. The predicted octanol–water partition coefficient (Wildman–Crippen LogP) is 1.10. The van der Waals surface area contributed by atoms with Crippen LogP contribution in [0.1, 0.15) is 23.3 Å². The summed E-state index contributed by atoms with van der Waals surface area (Å²) in [5, 5.41) is 4.82. The van der Waals surface area contributed by atoms with Gasteiger partial charge in [0.05, 0.1) is 12.8 Å². The summed E-state index contributed by atoms with van der Waals surface area (Å²) in [6, 6.07) is 1.46. The van der Waals surface area contributed by atoms with Crippen molar-refractivity contribution >= 4 is 27.3 Å². The van der Waals surface area contributed by atoms with Crippen LogP contribution in [-0.4, -0.2) is 37.5 Å². The van der Waals surface area contributed by atoms with Gasteiger partial charge in [-0.3, -0.25) is 4.79 Å². The highest BCUT2D eigenvalue weighted by molar-refractivity contribution is 7.88. The summed E-state index contributed by atoms with van der Waals surface area (Å²) in [4.78, 5) is 13.2. The van der Waals surface area contributed by atoms with Crippen LogP contribution in [0.25, 0.3) is 0 Å². The van der Waals surface area contributed by atoms with Gasteiger partial charge in [-0.25, -0.2) is 8.42 Å². The first-order chi connectivity index (χ1) is 8.89. The Morgan fingerprint density at radius 3 is 2.89 bits per heavy atom. The van der Waals surface area contributed by atoms with Crippen molar-refractivity contribution in [2.75, 3.05) is 12.8 Å². The average molecular weight is 302 g/mol. The molecule has 1 aliphatic rings. The van der Waals surface area contributed by atoms with E-state index >= 15 is 0 Å². The van der Waals surface area contributed by atoms with E-state index in [-0.39, 0.29) is 5.91 Å². The monoisotopic (exact) mass is 302 g/mol. The van der Waals surface area contributed by atoms with Crippen LogP contribution in [0.15, 0.2) is 11.4 Å². The van der Waals surface area contributed by atoms with Crippen molar-refractivity contribution in [2.24, 2.45) is 0 Å². The topological polar surface area (TPSA) is 66.5 Å². The molecular weight excluding hydrogens is 284 g/mol. The molecule has 1 aliphatic heterocycles. The molecule has 2 rings (SSSR count). The molecule has 0 spiro atoms. The van der Waals surface area contributed by atoms with Gasteiger partial charge in [0.25, 0.3) is 0 Å². The molecule has 0 bridgehead atoms. The van der Waals surface area contributed by atoms with Crippen LogP contribution >= 0.6 is 11.3 Å². The lowest BCUT2D eigenvalue weighted by Gasteiger charge is -2.21. The molecule has 0 saturated carbocycles. The van der Waals surface area contributed by atoms with Crippen molar-refractivity contribution in [3.63, 3.8) is 0 Å². The molecule has 1 aromatic rings. The van der Waals surface area contributed by atoms with Gasteiger partial charge in [0, 0.05) is 11.4 Å². The number of aryl methyl sites for hydroxylation is 1. The molecule has 0 radical (unpaired) electrons. The van der Waals surface area contributed by atoms with Crippen LogP contribution in [0.2, 0.25) is 0 Å². The van der Waals surface area contributed by atoms with Gasteiger partial charge in [-0.1, -0.05) is 0 Å². The molecule has 1 fully saturated rings. The molecule has 1 saturated heterocycles. The maximum Gasteiger partial charge on any atom is 0.238 e. The van der Waals surface area contributed by atoms with Crippen molar-refractivity contribution in [3.05, 3.63) is 21.9 Å². The minimum Gasteiger partial charge on any atom is -0.350 e. The number of nitrogens with one attached hydrogen (secondary N) is 1. The third-order valence-electron chi connectivity index (χ3n) is 3.32. The number of carbonyl (C=O) groups is 1. The fourth-order valence-electron chi connectivity index (χ4n) is 2.27. The van der Waals surface area contributed by atoms with E-state index in [2.05, 4.69) is 5.32 Å². The number of hydrogen-bond donors (Lipinski definition) is 1. The fourth-order valence-corrected chi connectivity index (χ4v) is 4.24. The molecule has 1 N–H and O–H groups in total.